The second-order valence-corrected chi connectivity index (χ2v) is 7.95. The van der Waals surface area contributed by atoms with Gasteiger partial charge < -0.3 is 4.90 Å². The van der Waals surface area contributed by atoms with Gasteiger partial charge in [0.2, 0.25) is 0 Å². The summed E-state index contributed by atoms with van der Waals surface area (Å²) in [4.78, 5) is 15.4. The Hall–Kier alpha value is -3.67. The molecule has 6 rings (SSSR count). The number of H-pyrrole nitrogens is 2. The zero-order valence-electron chi connectivity index (χ0n) is 16.5. The standard InChI is InChI=1S/C24H21N5O/c30-24(23-18-11-10-15-6-4-5-9-17(15)22(18)27-28-23)29-13-12-20-19(14-29)21(26-25-20)16-7-2-1-3-8-16/h1-9H,10-14H2,(H,25,26)(H,27,28). The van der Waals surface area contributed by atoms with Crippen LogP contribution in [-0.4, -0.2) is 37.7 Å². The zero-order valence-corrected chi connectivity index (χ0v) is 16.5. The molecule has 2 N–H and O–H groups in total. The lowest BCUT2D eigenvalue weighted by atomic mass is 9.89. The molecule has 148 valence electrons. The van der Waals surface area contributed by atoms with Gasteiger partial charge in [-0.25, -0.2) is 0 Å². The van der Waals surface area contributed by atoms with Crippen LogP contribution in [-0.2, 0) is 25.8 Å². The largest absolute Gasteiger partial charge is 0.332 e. The molecule has 2 aromatic carbocycles. The quantitative estimate of drug-likeness (QED) is 0.542. The average Bonchev–Trinajstić information content (AvgIpc) is 3.43. The molecule has 30 heavy (non-hydrogen) atoms. The minimum atomic E-state index is 0.0222. The van der Waals surface area contributed by atoms with Crippen molar-refractivity contribution < 1.29 is 4.79 Å². The van der Waals surface area contributed by atoms with Crippen LogP contribution in [0, 0.1) is 0 Å². The number of aryl methyl sites for hydroxylation is 1. The van der Waals surface area contributed by atoms with E-state index in [-0.39, 0.29) is 5.91 Å². The van der Waals surface area contributed by atoms with Crippen LogP contribution >= 0.6 is 0 Å². The molecule has 0 spiro atoms. The number of rotatable bonds is 2. The molecule has 0 saturated carbocycles. The number of carbonyl (C=O) groups is 1. The maximum atomic E-state index is 13.4. The first-order chi connectivity index (χ1) is 14.8. The fourth-order valence-electron chi connectivity index (χ4n) is 4.70. The van der Waals surface area contributed by atoms with E-state index in [0.717, 1.165) is 58.6 Å². The van der Waals surface area contributed by atoms with Crippen molar-refractivity contribution in [3.8, 4) is 22.5 Å². The van der Waals surface area contributed by atoms with Gasteiger partial charge in [-0.3, -0.25) is 15.0 Å². The Labute approximate surface area is 173 Å². The second kappa shape index (κ2) is 6.69. The van der Waals surface area contributed by atoms with Gasteiger partial charge in [0.05, 0.1) is 17.9 Å². The summed E-state index contributed by atoms with van der Waals surface area (Å²) in [5, 5.41) is 15.3. The molecule has 0 fully saturated rings. The predicted molar refractivity (Wildman–Crippen MR) is 114 cm³/mol. The van der Waals surface area contributed by atoms with Crippen molar-refractivity contribution in [2.24, 2.45) is 0 Å². The number of amides is 1. The molecule has 1 amide bonds. The molecule has 3 heterocycles. The molecule has 0 unspecified atom stereocenters. The Morgan fingerprint density at radius 2 is 1.63 bits per heavy atom. The number of fused-ring (bicyclic) bond motifs is 4. The first kappa shape index (κ1) is 17.2. The highest BCUT2D eigenvalue weighted by Gasteiger charge is 2.31. The third-order valence-corrected chi connectivity index (χ3v) is 6.27. The van der Waals surface area contributed by atoms with Crippen molar-refractivity contribution in [2.45, 2.75) is 25.8 Å². The topological polar surface area (TPSA) is 77.7 Å². The minimum Gasteiger partial charge on any atom is -0.332 e. The number of aromatic amines is 2. The van der Waals surface area contributed by atoms with Crippen molar-refractivity contribution >= 4 is 5.91 Å². The van der Waals surface area contributed by atoms with Crippen LogP contribution in [0.15, 0.2) is 54.6 Å². The van der Waals surface area contributed by atoms with E-state index in [1.165, 1.54) is 5.56 Å². The maximum absolute atomic E-state index is 13.4. The molecule has 6 heteroatoms. The summed E-state index contributed by atoms with van der Waals surface area (Å²) in [6, 6.07) is 18.5. The van der Waals surface area contributed by atoms with Crippen molar-refractivity contribution in [3.05, 3.63) is 82.7 Å². The fraction of sp³-hybridized carbons (Fsp3) is 0.208. The van der Waals surface area contributed by atoms with Crippen LogP contribution in [0.25, 0.3) is 22.5 Å². The third-order valence-electron chi connectivity index (χ3n) is 6.27. The van der Waals surface area contributed by atoms with Crippen molar-refractivity contribution in [1.29, 1.82) is 0 Å². The van der Waals surface area contributed by atoms with Gasteiger partial charge in [0, 0.05) is 40.9 Å². The molecule has 2 aromatic heterocycles. The van der Waals surface area contributed by atoms with Crippen molar-refractivity contribution in [1.82, 2.24) is 25.3 Å². The molecular formula is C24H21N5O. The second-order valence-electron chi connectivity index (χ2n) is 7.95. The number of nitrogens with one attached hydrogen (secondary N) is 2. The molecule has 1 aliphatic heterocycles. The Kier molecular flexibility index (Phi) is 3.84. The highest BCUT2D eigenvalue weighted by atomic mass is 16.2. The van der Waals surface area contributed by atoms with E-state index in [9.17, 15) is 4.79 Å². The van der Waals surface area contributed by atoms with E-state index >= 15 is 0 Å². The minimum absolute atomic E-state index is 0.0222. The normalized spacial score (nSPS) is 14.7. The van der Waals surface area contributed by atoms with Crippen molar-refractivity contribution in [3.63, 3.8) is 0 Å². The van der Waals surface area contributed by atoms with Crippen LogP contribution in [0.1, 0.15) is 32.9 Å². The molecule has 2 aliphatic rings. The van der Waals surface area contributed by atoms with E-state index in [4.69, 9.17) is 0 Å². The van der Waals surface area contributed by atoms with Gasteiger partial charge in [0.1, 0.15) is 5.69 Å². The predicted octanol–water partition coefficient (Wildman–Crippen LogP) is 3.76. The average molecular weight is 395 g/mol. The molecule has 0 radical (unpaired) electrons. The summed E-state index contributed by atoms with van der Waals surface area (Å²) in [7, 11) is 0. The highest BCUT2D eigenvalue weighted by Crippen LogP contribution is 2.34. The van der Waals surface area contributed by atoms with E-state index < -0.39 is 0 Å². The first-order valence-corrected chi connectivity index (χ1v) is 10.4. The van der Waals surface area contributed by atoms with Gasteiger partial charge in [-0.2, -0.15) is 10.2 Å². The van der Waals surface area contributed by atoms with Gasteiger partial charge in [0.15, 0.2) is 0 Å². The maximum Gasteiger partial charge on any atom is 0.272 e. The van der Waals surface area contributed by atoms with Crippen molar-refractivity contribution in [2.75, 3.05) is 6.54 Å². The number of hydrogen-bond donors (Lipinski definition) is 2. The summed E-state index contributed by atoms with van der Waals surface area (Å²) in [6.07, 6.45) is 2.55. The molecule has 1 aliphatic carbocycles. The van der Waals surface area contributed by atoms with Crippen LogP contribution in [0.4, 0.5) is 0 Å². The number of aromatic nitrogens is 4. The van der Waals surface area contributed by atoms with Gasteiger partial charge in [-0.15, -0.1) is 0 Å². The monoisotopic (exact) mass is 395 g/mol. The zero-order chi connectivity index (χ0) is 20.1. The lowest BCUT2D eigenvalue weighted by Gasteiger charge is -2.27. The Bertz CT molecular complexity index is 1250. The Morgan fingerprint density at radius 3 is 2.53 bits per heavy atom. The molecule has 6 nitrogen and oxygen atoms in total. The lowest BCUT2D eigenvalue weighted by Crippen LogP contribution is -2.36. The van der Waals surface area contributed by atoms with E-state index in [1.54, 1.807) is 0 Å². The van der Waals surface area contributed by atoms with Gasteiger partial charge >= 0.3 is 0 Å². The Morgan fingerprint density at radius 1 is 0.833 bits per heavy atom. The summed E-state index contributed by atoms with van der Waals surface area (Å²) in [5.41, 5.74) is 9.26. The highest BCUT2D eigenvalue weighted by molar-refractivity contribution is 5.96. The van der Waals surface area contributed by atoms with E-state index in [0.29, 0.717) is 18.8 Å². The molecular weight excluding hydrogens is 374 g/mol. The van der Waals surface area contributed by atoms with E-state index in [1.807, 2.05) is 29.2 Å². The van der Waals surface area contributed by atoms with Crippen LogP contribution < -0.4 is 0 Å². The first-order valence-electron chi connectivity index (χ1n) is 10.4. The smallest absolute Gasteiger partial charge is 0.272 e. The van der Waals surface area contributed by atoms with Crippen LogP contribution in [0.5, 0.6) is 0 Å². The third kappa shape index (κ3) is 2.60. The SMILES string of the molecule is O=C(c1[nH]nc2c1CCc1ccccc1-2)N1CCc2[nH]nc(-c3ccccc3)c2C1. The number of nitrogens with zero attached hydrogens (tertiary/aromatic N) is 3. The van der Waals surface area contributed by atoms with Gasteiger partial charge in [-0.05, 0) is 18.4 Å². The van der Waals surface area contributed by atoms with Gasteiger partial charge in [-0.1, -0.05) is 54.6 Å². The number of benzene rings is 2. The number of carbonyl (C=O) groups excluding carboxylic acids is 1. The number of hydrogen-bond acceptors (Lipinski definition) is 3. The summed E-state index contributed by atoms with van der Waals surface area (Å²) in [5.74, 6) is 0.0222. The summed E-state index contributed by atoms with van der Waals surface area (Å²) in [6.45, 7) is 1.23. The molecule has 0 bridgehead atoms. The molecule has 0 atom stereocenters. The molecule has 4 aromatic rings. The van der Waals surface area contributed by atoms with Crippen LogP contribution in [0.3, 0.4) is 0 Å². The van der Waals surface area contributed by atoms with E-state index in [2.05, 4.69) is 50.7 Å². The molecule has 0 saturated heterocycles. The Balaban J connectivity index is 1.32. The summed E-state index contributed by atoms with van der Waals surface area (Å²) < 4.78 is 0. The lowest BCUT2D eigenvalue weighted by molar-refractivity contribution is 0.0727. The fourth-order valence-corrected chi connectivity index (χ4v) is 4.70. The van der Waals surface area contributed by atoms with Gasteiger partial charge in [0.25, 0.3) is 5.91 Å². The van der Waals surface area contributed by atoms with Crippen LogP contribution in [0.2, 0.25) is 0 Å². The summed E-state index contributed by atoms with van der Waals surface area (Å²) >= 11 is 0.